The average Bonchev–Trinajstić information content (AvgIpc) is 3.71. The number of carbonyl (C=O) groups is 2. The Morgan fingerprint density at radius 1 is 1.02 bits per heavy atom. The Balaban J connectivity index is 1.35. The molecule has 0 saturated heterocycles. The lowest BCUT2D eigenvalue weighted by molar-refractivity contribution is -0.120. The van der Waals surface area contributed by atoms with Gasteiger partial charge in [-0.25, -0.2) is 8.78 Å². The highest BCUT2D eigenvalue weighted by molar-refractivity contribution is 7.07. The predicted octanol–water partition coefficient (Wildman–Crippen LogP) is 5.54. The predicted molar refractivity (Wildman–Crippen MR) is 161 cm³/mol. The van der Waals surface area contributed by atoms with Crippen molar-refractivity contribution < 1.29 is 23.1 Å². The van der Waals surface area contributed by atoms with E-state index in [0.29, 0.717) is 34.8 Å². The summed E-state index contributed by atoms with van der Waals surface area (Å²) in [6, 6.07) is 17.6. The first kappa shape index (κ1) is 29.6. The Morgan fingerprint density at radius 2 is 1.79 bits per heavy atom. The molecule has 5 aromatic rings. The first-order valence-corrected chi connectivity index (χ1v) is 14.4. The number of anilines is 1. The first-order valence-electron chi connectivity index (χ1n) is 13.5. The third kappa shape index (κ3) is 7.49. The normalized spacial score (nSPS) is 11.6. The number of hydrogen-bond acceptors (Lipinski definition) is 6. The van der Waals surface area contributed by atoms with Crippen LogP contribution >= 0.6 is 11.3 Å². The number of nitrogens with zero attached hydrogens (tertiary/aromatic N) is 4. The van der Waals surface area contributed by atoms with Gasteiger partial charge in [-0.3, -0.25) is 14.3 Å². The van der Waals surface area contributed by atoms with Crippen LogP contribution in [0.2, 0.25) is 0 Å². The van der Waals surface area contributed by atoms with Crippen LogP contribution in [-0.4, -0.2) is 47.0 Å². The minimum Gasteiger partial charge on any atom is -0.497 e. The Morgan fingerprint density at radius 3 is 2.49 bits per heavy atom. The van der Waals surface area contributed by atoms with Crippen LogP contribution in [0.15, 0.2) is 89.8 Å². The van der Waals surface area contributed by atoms with E-state index in [2.05, 4.69) is 27.1 Å². The zero-order valence-electron chi connectivity index (χ0n) is 23.5. The lowest BCUT2D eigenvalue weighted by Crippen LogP contribution is -2.48. The summed E-state index contributed by atoms with van der Waals surface area (Å²) in [5, 5.41) is 15.4. The third-order valence-electron chi connectivity index (χ3n) is 6.92. The number of thiophene rings is 1. The molecule has 0 aliphatic rings. The van der Waals surface area contributed by atoms with Crippen LogP contribution in [-0.2, 0) is 24.2 Å². The molecule has 0 saturated carbocycles. The molecule has 2 aromatic heterocycles. The molecule has 3 aromatic carbocycles. The number of halogens is 2. The fraction of sp³-hybridized carbons (Fsp3) is 0.188. The van der Waals surface area contributed by atoms with Crippen LogP contribution in [0, 0.1) is 11.6 Å². The quantitative estimate of drug-likeness (QED) is 0.215. The van der Waals surface area contributed by atoms with Crippen molar-refractivity contribution in [2.75, 3.05) is 19.1 Å². The monoisotopic (exact) mass is 601 g/mol. The topological polar surface area (TPSA) is 89.4 Å². The summed E-state index contributed by atoms with van der Waals surface area (Å²) in [5.41, 5.74) is 3.58. The number of ether oxygens (including phenoxy) is 1. The molecule has 2 heterocycles. The summed E-state index contributed by atoms with van der Waals surface area (Å²) >= 11 is 1.65. The highest BCUT2D eigenvalue weighted by Crippen LogP contribution is 2.21. The summed E-state index contributed by atoms with van der Waals surface area (Å²) in [6.07, 6.45) is 2.51. The van der Waals surface area contributed by atoms with Gasteiger partial charge in [-0.2, -0.15) is 11.3 Å². The van der Waals surface area contributed by atoms with Crippen LogP contribution in [0.3, 0.4) is 0 Å². The van der Waals surface area contributed by atoms with E-state index in [4.69, 9.17) is 4.74 Å². The van der Waals surface area contributed by atoms with Crippen molar-refractivity contribution in [3.8, 4) is 17.0 Å². The van der Waals surface area contributed by atoms with Crippen LogP contribution in [0.4, 0.5) is 14.5 Å². The minimum atomic E-state index is -1.12. The molecule has 2 amide bonds. The number of aromatic nitrogens is 3. The van der Waals surface area contributed by atoms with Gasteiger partial charge in [0.1, 0.15) is 29.1 Å². The van der Waals surface area contributed by atoms with Gasteiger partial charge in [-0.05, 0) is 82.9 Å². The van der Waals surface area contributed by atoms with E-state index in [9.17, 15) is 18.4 Å². The molecule has 1 atom stereocenters. The van der Waals surface area contributed by atoms with Crippen LogP contribution in [0.5, 0.6) is 5.75 Å². The van der Waals surface area contributed by atoms with Crippen molar-refractivity contribution in [1.82, 2.24) is 20.3 Å². The second-order valence-corrected chi connectivity index (χ2v) is 10.7. The molecule has 0 spiro atoms. The van der Waals surface area contributed by atoms with Crippen molar-refractivity contribution in [1.29, 1.82) is 0 Å². The molecule has 0 fully saturated rings. The van der Waals surface area contributed by atoms with Crippen molar-refractivity contribution in [3.05, 3.63) is 118 Å². The molecule has 1 N–H and O–H groups in total. The highest BCUT2D eigenvalue weighted by atomic mass is 32.1. The van der Waals surface area contributed by atoms with Gasteiger partial charge in [0.2, 0.25) is 5.91 Å². The molecule has 8 nitrogen and oxygen atoms in total. The lowest BCUT2D eigenvalue weighted by atomic mass is 10.0. The van der Waals surface area contributed by atoms with Gasteiger partial charge >= 0.3 is 0 Å². The maximum Gasteiger partial charge on any atom is 0.251 e. The zero-order chi connectivity index (χ0) is 30.3. The number of hydrogen-bond donors (Lipinski definition) is 1. The van der Waals surface area contributed by atoms with Crippen molar-refractivity contribution in [2.24, 2.45) is 0 Å². The Hall–Kier alpha value is -4.90. The molecule has 220 valence electrons. The fourth-order valence-electron chi connectivity index (χ4n) is 4.61. The SMILES string of the molecule is COc1ccc(N(C)C(=O)[C@H](Cc2cc(F)cc(F)c2)NC(=O)c2cccc(-c3cn(CCc4ccsc4)nn3)c2)cc1. The molecule has 0 bridgehead atoms. The summed E-state index contributed by atoms with van der Waals surface area (Å²) in [6.45, 7) is 0.663. The summed E-state index contributed by atoms with van der Waals surface area (Å²) in [5.74, 6) is -1.91. The molecular formula is C32H29F2N5O3S. The Bertz CT molecular complexity index is 1690. The molecule has 5 rings (SSSR count). The maximum absolute atomic E-state index is 14.0. The van der Waals surface area contributed by atoms with Gasteiger partial charge in [0.25, 0.3) is 5.91 Å². The number of methoxy groups -OCH3 is 1. The smallest absolute Gasteiger partial charge is 0.251 e. The summed E-state index contributed by atoms with van der Waals surface area (Å²) in [7, 11) is 3.11. The first-order chi connectivity index (χ1) is 20.8. The van der Waals surface area contributed by atoms with Crippen molar-refractivity contribution in [2.45, 2.75) is 25.4 Å². The van der Waals surface area contributed by atoms with Crippen molar-refractivity contribution in [3.63, 3.8) is 0 Å². The fourth-order valence-corrected chi connectivity index (χ4v) is 5.31. The van der Waals surface area contributed by atoms with E-state index in [1.807, 2.05) is 17.6 Å². The molecule has 11 heteroatoms. The molecule has 0 aliphatic carbocycles. The molecule has 0 unspecified atom stereocenters. The molecular weight excluding hydrogens is 572 g/mol. The second kappa shape index (κ2) is 13.4. The number of likely N-dealkylation sites (N-methyl/N-ethyl adjacent to an activating group) is 1. The van der Waals surface area contributed by atoms with Gasteiger partial charge in [-0.1, -0.05) is 17.3 Å². The largest absolute Gasteiger partial charge is 0.497 e. The molecule has 0 radical (unpaired) electrons. The Kier molecular flexibility index (Phi) is 9.21. The van der Waals surface area contributed by atoms with Gasteiger partial charge in [-0.15, -0.1) is 5.10 Å². The number of benzene rings is 3. The number of amides is 2. The number of aryl methyl sites for hydroxylation is 2. The van der Waals surface area contributed by atoms with E-state index in [0.717, 1.165) is 24.6 Å². The molecule has 43 heavy (non-hydrogen) atoms. The number of carbonyl (C=O) groups excluding carboxylic acids is 2. The third-order valence-corrected chi connectivity index (χ3v) is 7.66. The highest BCUT2D eigenvalue weighted by Gasteiger charge is 2.26. The van der Waals surface area contributed by atoms with E-state index in [1.165, 1.54) is 17.6 Å². The average molecular weight is 602 g/mol. The van der Waals surface area contributed by atoms with Crippen molar-refractivity contribution >= 4 is 28.8 Å². The van der Waals surface area contributed by atoms with Gasteiger partial charge in [0, 0.05) is 42.9 Å². The van der Waals surface area contributed by atoms with Crippen LogP contribution in [0.1, 0.15) is 21.5 Å². The minimum absolute atomic E-state index is 0.127. The molecule has 0 aliphatic heterocycles. The lowest BCUT2D eigenvalue weighted by Gasteiger charge is -2.25. The van der Waals surface area contributed by atoms with Crippen LogP contribution in [0.25, 0.3) is 11.3 Å². The van der Waals surface area contributed by atoms with Crippen LogP contribution < -0.4 is 15.0 Å². The summed E-state index contributed by atoms with van der Waals surface area (Å²) in [4.78, 5) is 28.5. The Labute approximate surface area is 251 Å². The van der Waals surface area contributed by atoms with Gasteiger partial charge in [0.15, 0.2) is 0 Å². The standard InChI is InChI=1S/C32H29F2N5O3S/c1-38(27-6-8-28(42-2)9-7-27)32(41)29(16-22-14-25(33)18-26(34)15-22)35-31(40)24-5-3-4-23(17-24)30-19-39(37-36-30)12-10-21-11-13-43-20-21/h3-9,11,13-15,17-20,29H,10,12,16H2,1-2H3,(H,35,40)/t29-/m0/s1. The van der Waals surface area contributed by atoms with E-state index in [1.54, 1.807) is 65.5 Å². The second-order valence-electron chi connectivity index (χ2n) is 9.93. The number of rotatable bonds is 11. The van der Waals surface area contributed by atoms with E-state index in [-0.39, 0.29) is 12.0 Å². The zero-order valence-corrected chi connectivity index (χ0v) is 24.4. The van der Waals surface area contributed by atoms with E-state index >= 15 is 0 Å². The number of nitrogens with one attached hydrogen (secondary N) is 1. The summed E-state index contributed by atoms with van der Waals surface area (Å²) < 4.78 is 34.9. The van der Waals surface area contributed by atoms with Gasteiger partial charge < -0.3 is 15.0 Å². The van der Waals surface area contributed by atoms with Gasteiger partial charge in [0.05, 0.1) is 13.3 Å². The van der Waals surface area contributed by atoms with E-state index < -0.39 is 29.5 Å². The maximum atomic E-state index is 14.0.